The lowest BCUT2D eigenvalue weighted by Gasteiger charge is -2.05. The maximum atomic E-state index is 12.5. The second kappa shape index (κ2) is 8.44. The van der Waals surface area contributed by atoms with Gasteiger partial charge in [0.05, 0.1) is 11.7 Å². The maximum absolute atomic E-state index is 12.5. The van der Waals surface area contributed by atoms with E-state index in [2.05, 4.69) is 19.4 Å². The molecular formula is C18H17F2N3O4S. The van der Waals surface area contributed by atoms with Crippen molar-refractivity contribution < 1.29 is 27.8 Å². The topological polar surface area (TPSA) is 97.5 Å². The first-order chi connectivity index (χ1) is 13.3. The van der Waals surface area contributed by atoms with Gasteiger partial charge in [-0.2, -0.15) is 13.2 Å². The average molecular weight is 409 g/mol. The molecule has 1 amide bonds. The van der Waals surface area contributed by atoms with Crippen molar-refractivity contribution in [3.63, 3.8) is 0 Å². The van der Waals surface area contributed by atoms with Crippen LogP contribution in [0.1, 0.15) is 28.9 Å². The number of nitrogens with zero attached hydrogens (tertiary/aromatic N) is 2. The normalized spacial score (nSPS) is 12.2. The zero-order chi connectivity index (χ0) is 20.3. The van der Waals surface area contributed by atoms with E-state index in [4.69, 9.17) is 4.42 Å². The number of ether oxygens (including phenoxy) is 1. The van der Waals surface area contributed by atoms with E-state index in [0.29, 0.717) is 28.0 Å². The summed E-state index contributed by atoms with van der Waals surface area (Å²) >= 11 is 1.01. The van der Waals surface area contributed by atoms with Gasteiger partial charge in [0.2, 0.25) is 5.13 Å². The third-order valence-corrected chi connectivity index (χ3v) is 4.34. The zero-order valence-electron chi connectivity index (χ0n) is 15.0. The van der Waals surface area contributed by atoms with E-state index >= 15 is 0 Å². The molecule has 2 aromatic heterocycles. The number of hydrogen-bond donors (Lipinski definition) is 2. The number of nitrogens with one attached hydrogen (secondary N) is 1. The van der Waals surface area contributed by atoms with E-state index < -0.39 is 18.6 Å². The van der Waals surface area contributed by atoms with Crippen molar-refractivity contribution in [1.29, 1.82) is 0 Å². The number of aliphatic hydroxyl groups is 1. The molecule has 0 bridgehead atoms. The third kappa shape index (κ3) is 4.90. The maximum Gasteiger partial charge on any atom is 0.387 e. The molecule has 2 heterocycles. The molecule has 1 unspecified atom stereocenters. The van der Waals surface area contributed by atoms with Crippen LogP contribution in [-0.2, 0) is 6.42 Å². The number of aliphatic hydroxyl groups excluding tert-OH is 1. The molecule has 2 N–H and O–H groups in total. The summed E-state index contributed by atoms with van der Waals surface area (Å²) in [5.74, 6) is 0.700. The Labute approximate surface area is 163 Å². The van der Waals surface area contributed by atoms with Crippen LogP contribution in [0.3, 0.4) is 0 Å². The van der Waals surface area contributed by atoms with Crippen molar-refractivity contribution >= 4 is 22.6 Å². The first kappa shape index (κ1) is 19.9. The van der Waals surface area contributed by atoms with Gasteiger partial charge in [-0.3, -0.25) is 10.1 Å². The number of hydrogen-bond acceptors (Lipinski definition) is 7. The van der Waals surface area contributed by atoms with E-state index in [1.165, 1.54) is 18.2 Å². The molecule has 148 valence electrons. The van der Waals surface area contributed by atoms with Crippen LogP contribution in [0.2, 0.25) is 0 Å². The van der Waals surface area contributed by atoms with Crippen molar-refractivity contribution in [3.8, 4) is 17.1 Å². The average Bonchev–Trinajstić information content (AvgIpc) is 3.20. The molecule has 0 aliphatic carbocycles. The molecule has 1 aromatic carbocycles. The molecule has 0 fully saturated rings. The molecule has 3 aromatic rings. The van der Waals surface area contributed by atoms with Gasteiger partial charge in [0.15, 0.2) is 0 Å². The molecule has 7 nitrogen and oxygen atoms in total. The summed E-state index contributed by atoms with van der Waals surface area (Å²) in [4.78, 5) is 16.7. The zero-order valence-corrected chi connectivity index (χ0v) is 15.8. The monoisotopic (exact) mass is 409 g/mol. The van der Waals surface area contributed by atoms with Gasteiger partial charge in [-0.1, -0.05) is 12.1 Å². The highest BCUT2D eigenvalue weighted by atomic mass is 32.1. The molecule has 0 saturated heterocycles. The summed E-state index contributed by atoms with van der Waals surface area (Å²) in [7, 11) is 0. The number of alkyl halides is 2. The summed E-state index contributed by atoms with van der Waals surface area (Å²) in [6.07, 6.45) is -0.292. The van der Waals surface area contributed by atoms with Gasteiger partial charge in [-0.05, 0) is 32.0 Å². The Bertz CT molecular complexity index is 971. The lowest BCUT2D eigenvalue weighted by molar-refractivity contribution is -0.0498. The minimum atomic E-state index is -2.93. The van der Waals surface area contributed by atoms with Gasteiger partial charge in [0, 0.05) is 23.5 Å². The molecule has 0 saturated carbocycles. The fourth-order valence-corrected chi connectivity index (χ4v) is 3.08. The smallest absolute Gasteiger partial charge is 0.387 e. The lowest BCUT2D eigenvalue weighted by atomic mass is 10.1. The summed E-state index contributed by atoms with van der Waals surface area (Å²) in [5, 5.41) is 12.3. The van der Waals surface area contributed by atoms with Crippen molar-refractivity contribution in [2.75, 3.05) is 5.32 Å². The van der Waals surface area contributed by atoms with Crippen molar-refractivity contribution in [3.05, 3.63) is 47.5 Å². The Morgan fingerprint density at radius 3 is 2.89 bits per heavy atom. The number of halogens is 2. The predicted octanol–water partition coefficient (Wildman–Crippen LogP) is 3.88. The highest BCUT2D eigenvalue weighted by Crippen LogP contribution is 2.29. The van der Waals surface area contributed by atoms with Crippen molar-refractivity contribution in [2.24, 2.45) is 0 Å². The summed E-state index contributed by atoms with van der Waals surface area (Å²) in [6, 6.07) is 7.53. The Morgan fingerprint density at radius 2 is 2.18 bits per heavy atom. The minimum absolute atomic E-state index is 0.00736. The Balaban J connectivity index is 1.76. The molecule has 1 atom stereocenters. The SMILES string of the molecule is Cc1oc(-c2cccc(OC(F)F)c2)cc1C(=O)Nc1nc(CC(C)O)ns1. The predicted molar refractivity (Wildman–Crippen MR) is 98.8 cm³/mol. The number of aryl methyl sites for hydroxylation is 1. The highest BCUT2D eigenvalue weighted by Gasteiger charge is 2.18. The molecule has 0 spiro atoms. The first-order valence-electron chi connectivity index (χ1n) is 8.29. The molecule has 10 heteroatoms. The molecule has 0 radical (unpaired) electrons. The number of carbonyl (C=O) groups excluding carboxylic acids is 1. The minimum Gasteiger partial charge on any atom is -0.461 e. The number of aromatic nitrogens is 2. The number of anilines is 1. The van der Waals surface area contributed by atoms with Crippen LogP contribution in [0.25, 0.3) is 11.3 Å². The fourth-order valence-electron chi connectivity index (χ4n) is 2.49. The standard InChI is InChI=1S/C18H17F2N3O4S/c1-9(24)6-15-21-18(28-23-15)22-16(25)13-8-14(26-10(13)2)11-4-3-5-12(7-11)27-17(19)20/h3-5,7-9,17,24H,6H2,1-2H3,(H,21,22,23,25). The number of rotatable bonds is 7. The Hall–Kier alpha value is -2.85. The highest BCUT2D eigenvalue weighted by molar-refractivity contribution is 7.09. The summed E-state index contributed by atoms with van der Waals surface area (Å²) in [5.41, 5.74) is 0.776. The van der Waals surface area contributed by atoms with Crippen LogP contribution in [0.5, 0.6) is 5.75 Å². The Morgan fingerprint density at radius 1 is 1.39 bits per heavy atom. The van der Waals surface area contributed by atoms with Gasteiger partial charge in [0.25, 0.3) is 5.91 Å². The van der Waals surface area contributed by atoms with Crippen molar-refractivity contribution in [2.45, 2.75) is 33.0 Å². The van der Waals surface area contributed by atoms with E-state index in [9.17, 15) is 18.7 Å². The van der Waals surface area contributed by atoms with E-state index in [1.807, 2.05) is 0 Å². The number of furan rings is 1. The van der Waals surface area contributed by atoms with Crippen LogP contribution >= 0.6 is 11.5 Å². The van der Waals surface area contributed by atoms with Crippen molar-refractivity contribution in [1.82, 2.24) is 9.36 Å². The molecule has 28 heavy (non-hydrogen) atoms. The van der Waals surface area contributed by atoms with Gasteiger partial charge < -0.3 is 14.3 Å². The van der Waals surface area contributed by atoms with E-state index in [-0.39, 0.29) is 17.7 Å². The van der Waals surface area contributed by atoms with Gasteiger partial charge in [-0.15, -0.1) is 0 Å². The van der Waals surface area contributed by atoms with E-state index in [1.54, 1.807) is 26.0 Å². The summed E-state index contributed by atoms with van der Waals surface area (Å²) < 4.78 is 38.8. The molecular weight excluding hydrogens is 392 g/mol. The second-order valence-corrected chi connectivity index (χ2v) is 6.76. The number of carbonyl (C=O) groups is 1. The second-order valence-electron chi connectivity index (χ2n) is 6.01. The Kier molecular flexibility index (Phi) is 6.00. The van der Waals surface area contributed by atoms with Gasteiger partial charge in [0.1, 0.15) is 23.1 Å². The molecule has 3 rings (SSSR count). The van der Waals surface area contributed by atoms with Crippen LogP contribution in [0, 0.1) is 6.92 Å². The lowest BCUT2D eigenvalue weighted by Crippen LogP contribution is -2.12. The van der Waals surface area contributed by atoms with Gasteiger partial charge >= 0.3 is 6.61 Å². The third-order valence-electron chi connectivity index (χ3n) is 3.67. The van der Waals surface area contributed by atoms with Crippen LogP contribution in [0.15, 0.2) is 34.7 Å². The number of benzene rings is 1. The van der Waals surface area contributed by atoms with Crippen LogP contribution in [0.4, 0.5) is 13.9 Å². The first-order valence-corrected chi connectivity index (χ1v) is 9.07. The largest absolute Gasteiger partial charge is 0.461 e. The van der Waals surface area contributed by atoms with Gasteiger partial charge in [-0.25, -0.2) is 4.98 Å². The quantitative estimate of drug-likeness (QED) is 0.615. The van der Waals surface area contributed by atoms with Crippen LogP contribution < -0.4 is 10.1 Å². The molecule has 0 aliphatic rings. The molecule has 0 aliphatic heterocycles. The summed E-state index contributed by atoms with van der Waals surface area (Å²) in [6.45, 7) is 0.314. The van der Waals surface area contributed by atoms with E-state index in [0.717, 1.165) is 11.5 Å². The van der Waals surface area contributed by atoms with Crippen LogP contribution in [-0.4, -0.2) is 33.1 Å². The number of amides is 1. The fraction of sp³-hybridized carbons (Fsp3) is 0.278.